The van der Waals surface area contributed by atoms with E-state index in [1.165, 1.54) is 0 Å². The van der Waals surface area contributed by atoms with Crippen LogP contribution in [-0.2, 0) is 4.74 Å². The molecule has 0 saturated carbocycles. The monoisotopic (exact) mass is 333 g/mol. The summed E-state index contributed by atoms with van der Waals surface area (Å²) < 4.78 is 6.26. The third-order valence-electron chi connectivity index (χ3n) is 3.02. The summed E-state index contributed by atoms with van der Waals surface area (Å²) in [6, 6.07) is 7.20. The summed E-state index contributed by atoms with van der Waals surface area (Å²) >= 11 is 3.31. The number of hydrogen-bond donors (Lipinski definition) is 5. The van der Waals surface area contributed by atoms with Crippen LogP contribution in [-0.4, -0.2) is 57.7 Å². The van der Waals surface area contributed by atoms with E-state index in [2.05, 4.69) is 21.2 Å². The van der Waals surface area contributed by atoms with Crippen LogP contribution in [0.1, 0.15) is 0 Å². The first-order valence-corrected chi connectivity index (χ1v) is 6.65. The van der Waals surface area contributed by atoms with Gasteiger partial charge in [0, 0.05) is 10.2 Å². The maximum absolute atomic E-state index is 9.85. The molecule has 1 aromatic rings. The second-order valence-electron chi connectivity index (χ2n) is 4.40. The molecule has 1 saturated heterocycles. The van der Waals surface area contributed by atoms with E-state index in [4.69, 9.17) is 9.84 Å². The Morgan fingerprint density at radius 2 is 1.84 bits per heavy atom. The average Bonchev–Trinajstić information content (AvgIpc) is 2.69. The predicted octanol–water partition coefficient (Wildman–Crippen LogP) is -0.339. The van der Waals surface area contributed by atoms with Gasteiger partial charge in [-0.1, -0.05) is 15.9 Å². The molecule has 0 aromatic heterocycles. The standard InChI is InChI=1S/C12H16BrNO5/c13-6-1-3-7(4-2-6)14-12-10(18)9(17)11(19-12)8(16)5-15/h1-4,8-12,14-18H,5H2/t8-,9+,10+,11+,12+/m1/s1. The summed E-state index contributed by atoms with van der Waals surface area (Å²) in [6.07, 6.45) is -5.54. The quantitative estimate of drug-likeness (QED) is 0.516. The average molecular weight is 334 g/mol. The SMILES string of the molecule is OC[C@@H](O)[C@@H]1O[C@H](Nc2ccc(Br)cc2)[C@@H](O)[C@@H]1O. The molecular formula is C12H16BrNO5. The zero-order valence-electron chi connectivity index (χ0n) is 9.98. The van der Waals surface area contributed by atoms with E-state index in [0.29, 0.717) is 5.69 Å². The van der Waals surface area contributed by atoms with Gasteiger partial charge in [0.25, 0.3) is 0 Å². The van der Waals surface area contributed by atoms with Crippen molar-refractivity contribution < 1.29 is 25.2 Å². The van der Waals surface area contributed by atoms with Crippen molar-refractivity contribution >= 4 is 21.6 Å². The molecule has 1 heterocycles. The van der Waals surface area contributed by atoms with Crippen molar-refractivity contribution in [2.24, 2.45) is 0 Å². The maximum atomic E-state index is 9.85. The van der Waals surface area contributed by atoms with Crippen LogP contribution in [0.3, 0.4) is 0 Å². The number of aliphatic hydroxyl groups excluding tert-OH is 4. The van der Waals surface area contributed by atoms with E-state index >= 15 is 0 Å². The van der Waals surface area contributed by atoms with Crippen LogP contribution >= 0.6 is 15.9 Å². The Hall–Kier alpha value is -0.700. The van der Waals surface area contributed by atoms with Gasteiger partial charge in [-0.15, -0.1) is 0 Å². The third kappa shape index (κ3) is 3.25. The Morgan fingerprint density at radius 3 is 2.42 bits per heavy atom. The molecule has 0 spiro atoms. The molecule has 1 aliphatic heterocycles. The third-order valence-corrected chi connectivity index (χ3v) is 3.55. The van der Waals surface area contributed by atoms with E-state index in [9.17, 15) is 15.3 Å². The molecule has 7 heteroatoms. The van der Waals surface area contributed by atoms with Gasteiger partial charge in [-0.25, -0.2) is 0 Å². The van der Waals surface area contributed by atoms with Crippen molar-refractivity contribution in [1.29, 1.82) is 0 Å². The van der Waals surface area contributed by atoms with Crippen molar-refractivity contribution in [3.8, 4) is 0 Å². The fourth-order valence-electron chi connectivity index (χ4n) is 1.96. The van der Waals surface area contributed by atoms with Gasteiger partial charge in [-0.2, -0.15) is 0 Å². The Labute approximate surface area is 118 Å². The number of anilines is 1. The highest BCUT2D eigenvalue weighted by molar-refractivity contribution is 9.10. The number of nitrogens with one attached hydrogen (secondary N) is 1. The van der Waals surface area contributed by atoms with Gasteiger partial charge in [0.1, 0.15) is 24.4 Å². The number of halogens is 1. The van der Waals surface area contributed by atoms with E-state index in [1.807, 2.05) is 12.1 Å². The largest absolute Gasteiger partial charge is 0.394 e. The van der Waals surface area contributed by atoms with Gasteiger partial charge < -0.3 is 30.5 Å². The topological polar surface area (TPSA) is 102 Å². The zero-order valence-corrected chi connectivity index (χ0v) is 11.6. The second-order valence-corrected chi connectivity index (χ2v) is 5.32. The minimum Gasteiger partial charge on any atom is -0.394 e. The number of benzene rings is 1. The second kappa shape index (κ2) is 6.17. The van der Waals surface area contributed by atoms with Gasteiger partial charge in [0.2, 0.25) is 0 Å². The minimum absolute atomic E-state index is 0.542. The van der Waals surface area contributed by atoms with Crippen molar-refractivity contribution in [2.75, 3.05) is 11.9 Å². The lowest BCUT2D eigenvalue weighted by molar-refractivity contribution is -0.0774. The van der Waals surface area contributed by atoms with Crippen LogP contribution in [0, 0.1) is 0 Å². The molecule has 19 heavy (non-hydrogen) atoms. The minimum atomic E-state index is -1.25. The van der Waals surface area contributed by atoms with Crippen LogP contribution in [0.15, 0.2) is 28.7 Å². The number of hydrogen-bond acceptors (Lipinski definition) is 6. The summed E-state index contributed by atoms with van der Waals surface area (Å²) in [4.78, 5) is 0. The van der Waals surface area contributed by atoms with Gasteiger partial charge in [0.15, 0.2) is 6.23 Å². The lowest BCUT2D eigenvalue weighted by atomic mass is 10.1. The lowest BCUT2D eigenvalue weighted by Crippen LogP contribution is -2.40. The molecule has 2 rings (SSSR count). The molecule has 0 radical (unpaired) electrons. The fourth-order valence-corrected chi connectivity index (χ4v) is 2.22. The van der Waals surface area contributed by atoms with Gasteiger partial charge >= 0.3 is 0 Å². The van der Waals surface area contributed by atoms with Crippen LogP contribution in [0.2, 0.25) is 0 Å². The Kier molecular flexibility index (Phi) is 4.77. The highest BCUT2D eigenvalue weighted by atomic mass is 79.9. The predicted molar refractivity (Wildman–Crippen MR) is 71.5 cm³/mol. The van der Waals surface area contributed by atoms with Crippen molar-refractivity contribution in [3.05, 3.63) is 28.7 Å². The molecule has 0 bridgehead atoms. The van der Waals surface area contributed by atoms with Gasteiger partial charge in [-0.05, 0) is 24.3 Å². The molecule has 1 aliphatic rings. The summed E-state index contributed by atoms with van der Waals surface area (Å²) in [5, 5.41) is 40.9. The van der Waals surface area contributed by atoms with Crippen LogP contribution < -0.4 is 5.32 Å². The summed E-state index contributed by atoms with van der Waals surface area (Å²) in [7, 11) is 0. The van der Waals surface area contributed by atoms with E-state index < -0.39 is 37.3 Å². The smallest absolute Gasteiger partial charge is 0.157 e. The summed E-state index contributed by atoms with van der Waals surface area (Å²) in [6.45, 7) is -0.542. The Balaban J connectivity index is 2.03. The molecule has 6 nitrogen and oxygen atoms in total. The normalized spacial score (nSPS) is 32.3. The molecule has 0 unspecified atom stereocenters. The summed E-state index contributed by atoms with van der Waals surface area (Å²) in [5.41, 5.74) is 0.707. The fraction of sp³-hybridized carbons (Fsp3) is 0.500. The van der Waals surface area contributed by atoms with Crippen LogP contribution in [0.5, 0.6) is 0 Å². The van der Waals surface area contributed by atoms with Crippen LogP contribution in [0.4, 0.5) is 5.69 Å². The van der Waals surface area contributed by atoms with Crippen molar-refractivity contribution in [1.82, 2.24) is 0 Å². The number of aliphatic hydroxyl groups is 4. The first-order valence-electron chi connectivity index (χ1n) is 5.85. The van der Waals surface area contributed by atoms with Gasteiger partial charge in [-0.3, -0.25) is 0 Å². The zero-order chi connectivity index (χ0) is 14.0. The van der Waals surface area contributed by atoms with Crippen molar-refractivity contribution in [3.63, 3.8) is 0 Å². The number of ether oxygens (including phenoxy) is 1. The van der Waals surface area contributed by atoms with E-state index in [0.717, 1.165) is 4.47 Å². The van der Waals surface area contributed by atoms with E-state index in [-0.39, 0.29) is 0 Å². The molecule has 0 amide bonds. The molecule has 1 fully saturated rings. The molecule has 5 N–H and O–H groups in total. The highest BCUT2D eigenvalue weighted by Crippen LogP contribution is 2.25. The van der Waals surface area contributed by atoms with E-state index in [1.54, 1.807) is 12.1 Å². The molecular weight excluding hydrogens is 318 g/mol. The van der Waals surface area contributed by atoms with Crippen molar-refractivity contribution in [2.45, 2.75) is 30.6 Å². The molecule has 0 aliphatic carbocycles. The van der Waals surface area contributed by atoms with Crippen LogP contribution in [0.25, 0.3) is 0 Å². The molecule has 1 aromatic carbocycles. The Bertz CT molecular complexity index is 415. The molecule has 106 valence electrons. The number of rotatable bonds is 4. The molecule has 5 atom stereocenters. The first-order chi connectivity index (χ1) is 9.02. The summed E-state index contributed by atoms with van der Waals surface area (Å²) in [5.74, 6) is 0. The van der Waals surface area contributed by atoms with Gasteiger partial charge in [0.05, 0.1) is 6.61 Å². The lowest BCUT2D eigenvalue weighted by Gasteiger charge is -2.19. The maximum Gasteiger partial charge on any atom is 0.157 e. The first kappa shape index (κ1) is 14.7. The Morgan fingerprint density at radius 1 is 1.21 bits per heavy atom. The highest BCUT2D eigenvalue weighted by Gasteiger charge is 2.45.